The number of hydrogen-bond acceptors (Lipinski definition) is 4. The lowest BCUT2D eigenvalue weighted by atomic mass is 9.94. The second-order valence-corrected chi connectivity index (χ2v) is 6.04. The van der Waals surface area contributed by atoms with E-state index in [-0.39, 0.29) is 24.2 Å². The molecule has 0 heterocycles. The SMILES string of the molecule is COC(=O)CCN(CC(C)C)C(=O)C1CCCC1CN. The summed E-state index contributed by atoms with van der Waals surface area (Å²) in [6.45, 7) is 5.85. The second-order valence-electron chi connectivity index (χ2n) is 6.04. The Morgan fingerprint density at radius 1 is 1.35 bits per heavy atom. The van der Waals surface area contributed by atoms with Gasteiger partial charge in [-0.2, -0.15) is 0 Å². The average Bonchev–Trinajstić information content (AvgIpc) is 2.90. The highest BCUT2D eigenvalue weighted by molar-refractivity contribution is 5.80. The molecule has 0 saturated heterocycles. The van der Waals surface area contributed by atoms with Crippen LogP contribution in [0.15, 0.2) is 0 Å². The van der Waals surface area contributed by atoms with Crippen molar-refractivity contribution in [2.45, 2.75) is 39.5 Å². The van der Waals surface area contributed by atoms with Gasteiger partial charge in [-0.25, -0.2) is 0 Å². The summed E-state index contributed by atoms with van der Waals surface area (Å²) < 4.78 is 4.66. The van der Waals surface area contributed by atoms with Crippen molar-refractivity contribution in [1.29, 1.82) is 0 Å². The predicted octanol–water partition coefficient (Wildman–Crippen LogP) is 1.41. The van der Waals surface area contributed by atoms with Crippen LogP contribution in [0.5, 0.6) is 0 Å². The van der Waals surface area contributed by atoms with E-state index in [0.717, 1.165) is 19.3 Å². The molecule has 116 valence electrons. The first-order valence-electron chi connectivity index (χ1n) is 7.55. The summed E-state index contributed by atoms with van der Waals surface area (Å²) in [5, 5.41) is 0. The number of amides is 1. The van der Waals surface area contributed by atoms with Gasteiger partial charge in [-0.1, -0.05) is 20.3 Å². The maximum atomic E-state index is 12.7. The molecule has 2 N–H and O–H groups in total. The van der Waals surface area contributed by atoms with Crippen molar-refractivity contribution < 1.29 is 14.3 Å². The van der Waals surface area contributed by atoms with Gasteiger partial charge in [0.15, 0.2) is 0 Å². The summed E-state index contributed by atoms with van der Waals surface area (Å²) in [5.41, 5.74) is 5.76. The number of hydrogen-bond donors (Lipinski definition) is 1. The molecule has 0 aliphatic heterocycles. The summed E-state index contributed by atoms with van der Waals surface area (Å²) in [7, 11) is 1.37. The fourth-order valence-electron chi connectivity index (χ4n) is 2.94. The zero-order chi connectivity index (χ0) is 15.1. The van der Waals surface area contributed by atoms with Crippen molar-refractivity contribution in [1.82, 2.24) is 4.90 Å². The number of esters is 1. The number of carbonyl (C=O) groups is 2. The third-order valence-electron chi connectivity index (χ3n) is 3.99. The molecule has 1 saturated carbocycles. The monoisotopic (exact) mass is 284 g/mol. The topological polar surface area (TPSA) is 72.6 Å². The van der Waals surface area contributed by atoms with Crippen molar-refractivity contribution in [2.24, 2.45) is 23.5 Å². The lowest BCUT2D eigenvalue weighted by Gasteiger charge is -2.29. The first-order valence-corrected chi connectivity index (χ1v) is 7.55. The molecule has 0 aromatic carbocycles. The average molecular weight is 284 g/mol. The number of rotatable bonds is 7. The molecule has 0 radical (unpaired) electrons. The maximum absolute atomic E-state index is 12.7. The van der Waals surface area contributed by atoms with E-state index in [4.69, 9.17) is 5.73 Å². The van der Waals surface area contributed by atoms with Crippen LogP contribution in [0.25, 0.3) is 0 Å². The van der Waals surface area contributed by atoms with E-state index >= 15 is 0 Å². The molecule has 1 aliphatic rings. The fraction of sp³-hybridized carbons (Fsp3) is 0.867. The third-order valence-corrected chi connectivity index (χ3v) is 3.99. The van der Waals surface area contributed by atoms with Crippen LogP contribution in [0, 0.1) is 17.8 Å². The molecular weight excluding hydrogens is 256 g/mol. The minimum absolute atomic E-state index is 0.0383. The summed E-state index contributed by atoms with van der Waals surface area (Å²) in [4.78, 5) is 25.8. The fourth-order valence-corrected chi connectivity index (χ4v) is 2.94. The molecule has 2 unspecified atom stereocenters. The van der Waals surface area contributed by atoms with E-state index in [9.17, 15) is 9.59 Å². The molecule has 0 spiro atoms. The van der Waals surface area contributed by atoms with Gasteiger partial charge in [0, 0.05) is 19.0 Å². The standard InChI is InChI=1S/C15H28N2O3/c1-11(2)10-17(8-7-14(18)20-3)15(19)13-6-4-5-12(13)9-16/h11-13H,4-10,16H2,1-3H3. The molecule has 5 heteroatoms. The van der Waals surface area contributed by atoms with Gasteiger partial charge in [0.05, 0.1) is 13.5 Å². The quantitative estimate of drug-likeness (QED) is 0.717. The summed E-state index contributed by atoms with van der Waals surface area (Å²) >= 11 is 0. The van der Waals surface area contributed by atoms with E-state index in [1.54, 1.807) is 0 Å². The Bertz CT molecular complexity index is 331. The van der Waals surface area contributed by atoms with Crippen molar-refractivity contribution in [3.05, 3.63) is 0 Å². The second kappa shape index (κ2) is 8.25. The van der Waals surface area contributed by atoms with Crippen LogP contribution in [0.3, 0.4) is 0 Å². The van der Waals surface area contributed by atoms with E-state index < -0.39 is 0 Å². The molecule has 5 nitrogen and oxygen atoms in total. The largest absolute Gasteiger partial charge is 0.469 e. The van der Waals surface area contributed by atoms with Crippen LogP contribution in [0.4, 0.5) is 0 Å². The summed E-state index contributed by atoms with van der Waals surface area (Å²) in [6, 6.07) is 0. The Hall–Kier alpha value is -1.10. The van der Waals surface area contributed by atoms with Gasteiger partial charge >= 0.3 is 5.97 Å². The van der Waals surface area contributed by atoms with Gasteiger partial charge in [0.1, 0.15) is 0 Å². The number of nitrogens with zero attached hydrogens (tertiary/aromatic N) is 1. The molecule has 20 heavy (non-hydrogen) atoms. The van der Waals surface area contributed by atoms with Gasteiger partial charge in [-0.05, 0) is 31.2 Å². The Morgan fingerprint density at radius 3 is 2.60 bits per heavy atom. The minimum atomic E-state index is -0.270. The summed E-state index contributed by atoms with van der Waals surface area (Å²) in [6.07, 6.45) is 3.30. The van der Waals surface area contributed by atoms with E-state index in [1.807, 2.05) is 4.90 Å². The highest BCUT2D eigenvalue weighted by Gasteiger charge is 2.34. The Kier molecular flexibility index (Phi) is 6.99. The Balaban J connectivity index is 2.65. The highest BCUT2D eigenvalue weighted by Crippen LogP contribution is 2.32. The van der Waals surface area contributed by atoms with Crippen LogP contribution >= 0.6 is 0 Å². The van der Waals surface area contributed by atoms with Gasteiger partial charge < -0.3 is 15.4 Å². The molecule has 1 fully saturated rings. The van der Waals surface area contributed by atoms with Crippen molar-refractivity contribution >= 4 is 11.9 Å². The van der Waals surface area contributed by atoms with Gasteiger partial charge in [-0.3, -0.25) is 9.59 Å². The summed E-state index contributed by atoms with van der Waals surface area (Å²) in [5.74, 6) is 0.616. The van der Waals surface area contributed by atoms with Crippen LogP contribution in [-0.4, -0.2) is 43.5 Å². The minimum Gasteiger partial charge on any atom is -0.469 e. The Labute approximate surface area is 121 Å². The van der Waals surface area contributed by atoms with Crippen molar-refractivity contribution in [2.75, 3.05) is 26.7 Å². The first kappa shape index (κ1) is 17.0. The van der Waals surface area contributed by atoms with Crippen LogP contribution in [0.2, 0.25) is 0 Å². The van der Waals surface area contributed by atoms with Gasteiger partial charge in [0.25, 0.3) is 0 Å². The first-order chi connectivity index (χ1) is 9.49. The number of methoxy groups -OCH3 is 1. The van der Waals surface area contributed by atoms with Crippen LogP contribution in [0.1, 0.15) is 39.5 Å². The van der Waals surface area contributed by atoms with E-state index in [2.05, 4.69) is 18.6 Å². The van der Waals surface area contributed by atoms with Crippen LogP contribution in [-0.2, 0) is 14.3 Å². The van der Waals surface area contributed by atoms with Crippen molar-refractivity contribution in [3.63, 3.8) is 0 Å². The lowest BCUT2D eigenvalue weighted by Crippen LogP contribution is -2.42. The number of nitrogens with two attached hydrogens (primary N) is 1. The lowest BCUT2D eigenvalue weighted by molar-refractivity contribution is -0.143. The van der Waals surface area contributed by atoms with E-state index in [1.165, 1.54) is 7.11 Å². The molecule has 1 amide bonds. The highest BCUT2D eigenvalue weighted by atomic mass is 16.5. The molecule has 2 atom stereocenters. The zero-order valence-corrected chi connectivity index (χ0v) is 12.9. The molecule has 1 rings (SSSR count). The van der Waals surface area contributed by atoms with Gasteiger partial charge in [-0.15, -0.1) is 0 Å². The molecular formula is C15H28N2O3. The number of ether oxygens (including phenoxy) is 1. The molecule has 1 aliphatic carbocycles. The van der Waals surface area contributed by atoms with E-state index in [0.29, 0.717) is 31.5 Å². The Morgan fingerprint density at radius 2 is 2.05 bits per heavy atom. The molecule has 0 aromatic rings. The normalized spacial score (nSPS) is 22.1. The number of carbonyl (C=O) groups excluding carboxylic acids is 2. The zero-order valence-electron chi connectivity index (χ0n) is 12.9. The molecule has 0 aromatic heterocycles. The van der Waals surface area contributed by atoms with Crippen molar-refractivity contribution in [3.8, 4) is 0 Å². The van der Waals surface area contributed by atoms with Crippen LogP contribution < -0.4 is 5.73 Å². The van der Waals surface area contributed by atoms with Gasteiger partial charge in [0.2, 0.25) is 5.91 Å². The molecule has 0 bridgehead atoms. The third kappa shape index (κ3) is 4.78. The smallest absolute Gasteiger partial charge is 0.307 e. The maximum Gasteiger partial charge on any atom is 0.307 e. The predicted molar refractivity (Wildman–Crippen MR) is 77.9 cm³/mol.